The normalized spacial score (nSPS) is 12.0. The molecule has 0 saturated carbocycles. The van der Waals surface area contributed by atoms with E-state index in [0.717, 1.165) is 17.1 Å². The molecular formula is C66H45N3Si. The van der Waals surface area contributed by atoms with Gasteiger partial charge in [0.2, 0.25) is 0 Å². The van der Waals surface area contributed by atoms with Crippen molar-refractivity contribution in [1.29, 1.82) is 0 Å². The van der Waals surface area contributed by atoms with Crippen LogP contribution in [0.15, 0.2) is 273 Å². The smallest absolute Gasteiger partial charge is 0.179 e. The molecular weight excluding hydrogens is 863 g/mol. The standard InChI is InChI=1S/C66H45N3Si/c1-5-21-48(22-6-1)67-60-35-16-13-31-54(60)57-41-39-47(44-65(57)67)46-40-42-63-59(43-46)56-33-15-18-37-62(56)69(63)64-38-20-34-58-55-32-14-17-36-61(55)68(66(58)64)49-23-19-30-53(45-49)70(50-24-7-2-8-25-50,51-26-9-3-10-27-51)52-28-11-4-12-29-52/h1-45H. The lowest BCUT2D eigenvalue weighted by Gasteiger charge is -2.34. The lowest BCUT2D eigenvalue weighted by molar-refractivity contribution is 1.13. The van der Waals surface area contributed by atoms with Crippen molar-refractivity contribution >= 4 is 94.2 Å². The van der Waals surface area contributed by atoms with Gasteiger partial charge in [-0.25, -0.2) is 0 Å². The minimum absolute atomic E-state index is 1.14. The number of rotatable bonds is 8. The van der Waals surface area contributed by atoms with Crippen LogP contribution in [0.4, 0.5) is 0 Å². The molecule has 0 radical (unpaired) electrons. The molecule has 14 rings (SSSR count). The van der Waals surface area contributed by atoms with E-state index in [4.69, 9.17) is 0 Å². The van der Waals surface area contributed by atoms with Gasteiger partial charge in [0, 0.05) is 43.7 Å². The van der Waals surface area contributed by atoms with Crippen molar-refractivity contribution in [1.82, 2.24) is 13.7 Å². The van der Waals surface area contributed by atoms with Gasteiger partial charge in [-0.1, -0.05) is 206 Å². The monoisotopic (exact) mass is 907 g/mol. The van der Waals surface area contributed by atoms with Gasteiger partial charge < -0.3 is 13.7 Å². The van der Waals surface area contributed by atoms with Gasteiger partial charge in [-0.05, 0) is 98.6 Å². The van der Waals surface area contributed by atoms with E-state index in [-0.39, 0.29) is 0 Å². The van der Waals surface area contributed by atoms with Gasteiger partial charge >= 0.3 is 0 Å². The van der Waals surface area contributed by atoms with Crippen molar-refractivity contribution in [2.24, 2.45) is 0 Å². The molecule has 3 heterocycles. The second-order valence-electron chi connectivity index (χ2n) is 18.4. The van der Waals surface area contributed by atoms with Gasteiger partial charge in [-0.3, -0.25) is 0 Å². The molecule has 4 heteroatoms. The predicted octanol–water partition coefficient (Wildman–Crippen LogP) is 14.0. The van der Waals surface area contributed by atoms with E-state index in [0.29, 0.717) is 0 Å². The van der Waals surface area contributed by atoms with Gasteiger partial charge in [0.05, 0.1) is 38.8 Å². The molecule has 328 valence electrons. The number of hydrogen-bond acceptors (Lipinski definition) is 0. The Morgan fingerprint density at radius 3 is 1.30 bits per heavy atom. The third kappa shape index (κ3) is 6.00. The van der Waals surface area contributed by atoms with Crippen LogP contribution in [-0.2, 0) is 0 Å². The lowest BCUT2D eigenvalue weighted by atomic mass is 10.0. The molecule has 0 aliphatic rings. The highest BCUT2D eigenvalue weighted by atomic mass is 28.3. The van der Waals surface area contributed by atoms with Crippen LogP contribution < -0.4 is 20.7 Å². The van der Waals surface area contributed by atoms with Gasteiger partial charge in [0.25, 0.3) is 0 Å². The predicted molar refractivity (Wildman–Crippen MR) is 299 cm³/mol. The first-order valence-corrected chi connectivity index (χ1v) is 26.2. The maximum absolute atomic E-state index is 2.82. The van der Waals surface area contributed by atoms with Gasteiger partial charge in [-0.15, -0.1) is 0 Å². The van der Waals surface area contributed by atoms with Crippen molar-refractivity contribution in [3.8, 4) is 28.2 Å². The highest BCUT2D eigenvalue weighted by Crippen LogP contribution is 2.41. The minimum Gasteiger partial charge on any atom is -0.309 e. The second-order valence-corrected chi connectivity index (χ2v) is 22.2. The minimum atomic E-state index is -2.82. The highest BCUT2D eigenvalue weighted by molar-refractivity contribution is 7.19. The summed E-state index contributed by atoms with van der Waals surface area (Å²) in [5.41, 5.74) is 12.9. The number of fused-ring (bicyclic) bond motifs is 9. The first kappa shape index (κ1) is 40.1. The number of nitrogens with zero attached hydrogens (tertiary/aromatic N) is 3. The topological polar surface area (TPSA) is 14.8 Å². The van der Waals surface area contributed by atoms with Crippen molar-refractivity contribution in [3.63, 3.8) is 0 Å². The SMILES string of the molecule is c1ccc(-n2c3ccccc3c3ccc(-c4ccc5c(c4)c4ccccc4n5-c4cccc5c6ccccc6n(-c6cccc([Si](c7ccccc7)(c7ccccc7)c7ccccc7)c6)c45)cc32)cc1. The number of aromatic nitrogens is 3. The van der Waals surface area contributed by atoms with E-state index in [9.17, 15) is 0 Å². The van der Waals surface area contributed by atoms with Crippen molar-refractivity contribution in [3.05, 3.63) is 273 Å². The number of para-hydroxylation sites is 5. The van der Waals surface area contributed by atoms with E-state index >= 15 is 0 Å². The summed E-state index contributed by atoms with van der Waals surface area (Å²) in [5, 5.41) is 12.8. The van der Waals surface area contributed by atoms with Crippen LogP contribution >= 0.6 is 0 Å². The molecule has 3 nitrogen and oxygen atoms in total. The maximum atomic E-state index is 2.53. The summed E-state index contributed by atoms with van der Waals surface area (Å²) < 4.78 is 7.43. The Balaban J connectivity index is 0.996. The Hall–Kier alpha value is -8.96. The summed E-state index contributed by atoms with van der Waals surface area (Å²) in [4.78, 5) is 0. The van der Waals surface area contributed by atoms with E-state index in [2.05, 4.69) is 287 Å². The molecule has 0 N–H and O–H groups in total. The van der Waals surface area contributed by atoms with E-state index in [1.807, 2.05) is 0 Å². The maximum Gasteiger partial charge on any atom is 0.179 e. The van der Waals surface area contributed by atoms with Gasteiger partial charge in [-0.2, -0.15) is 0 Å². The molecule has 0 bridgehead atoms. The Morgan fingerprint density at radius 2 is 0.657 bits per heavy atom. The summed E-state index contributed by atoms with van der Waals surface area (Å²) >= 11 is 0. The number of hydrogen-bond donors (Lipinski definition) is 0. The molecule has 0 unspecified atom stereocenters. The van der Waals surface area contributed by atoms with Crippen LogP contribution in [0.1, 0.15) is 0 Å². The molecule has 0 aliphatic heterocycles. The summed E-state index contributed by atoms with van der Waals surface area (Å²) in [6.45, 7) is 0. The lowest BCUT2D eigenvalue weighted by Crippen LogP contribution is -2.74. The molecule has 14 aromatic rings. The Kier molecular flexibility index (Phi) is 9.23. The van der Waals surface area contributed by atoms with Gasteiger partial charge in [0.15, 0.2) is 8.07 Å². The van der Waals surface area contributed by atoms with Crippen LogP contribution in [0.2, 0.25) is 0 Å². The molecule has 0 atom stereocenters. The third-order valence-corrected chi connectivity index (χ3v) is 19.5. The fourth-order valence-corrected chi connectivity index (χ4v) is 16.6. The zero-order valence-electron chi connectivity index (χ0n) is 38.3. The summed E-state index contributed by atoms with van der Waals surface area (Å²) in [6, 6.07) is 101. The van der Waals surface area contributed by atoms with Crippen LogP contribution in [0.3, 0.4) is 0 Å². The fraction of sp³-hybridized carbons (Fsp3) is 0. The average Bonchev–Trinajstić information content (AvgIpc) is 4.08. The Bertz CT molecular complexity index is 4180. The van der Waals surface area contributed by atoms with E-state index in [1.165, 1.54) is 97.3 Å². The molecule has 0 amide bonds. The van der Waals surface area contributed by atoms with Crippen LogP contribution in [0.5, 0.6) is 0 Å². The van der Waals surface area contributed by atoms with Crippen LogP contribution in [-0.4, -0.2) is 21.8 Å². The molecule has 0 fully saturated rings. The molecule has 0 aliphatic carbocycles. The number of benzene rings is 11. The van der Waals surface area contributed by atoms with Gasteiger partial charge in [0.1, 0.15) is 0 Å². The largest absolute Gasteiger partial charge is 0.309 e. The van der Waals surface area contributed by atoms with Crippen molar-refractivity contribution in [2.45, 2.75) is 0 Å². The molecule has 70 heavy (non-hydrogen) atoms. The average molecular weight is 908 g/mol. The first-order valence-electron chi connectivity index (χ1n) is 24.2. The Labute approximate surface area is 407 Å². The summed E-state index contributed by atoms with van der Waals surface area (Å²) in [7, 11) is -2.82. The van der Waals surface area contributed by atoms with E-state index in [1.54, 1.807) is 0 Å². The van der Waals surface area contributed by atoms with Crippen molar-refractivity contribution < 1.29 is 0 Å². The first-order chi connectivity index (χ1) is 34.8. The molecule has 11 aromatic carbocycles. The fourth-order valence-electron chi connectivity index (χ4n) is 11.8. The zero-order chi connectivity index (χ0) is 46.2. The highest BCUT2D eigenvalue weighted by Gasteiger charge is 2.41. The quantitative estimate of drug-likeness (QED) is 0.107. The molecule has 3 aromatic heterocycles. The van der Waals surface area contributed by atoms with Crippen LogP contribution in [0.25, 0.3) is 93.6 Å². The molecule has 0 spiro atoms. The third-order valence-electron chi connectivity index (χ3n) is 14.8. The second kappa shape index (κ2) is 16.1. The van der Waals surface area contributed by atoms with Crippen molar-refractivity contribution in [2.75, 3.05) is 0 Å². The summed E-state index contributed by atoms with van der Waals surface area (Å²) in [5.74, 6) is 0. The van der Waals surface area contributed by atoms with E-state index < -0.39 is 8.07 Å². The van der Waals surface area contributed by atoms with Crippen LogP contribution in [0, 0.1) is 0 Å². The summed E-state index contributed by atoms with van der Waals surface area (Å²) in [6.07, 6.45) is 0. The molecule has 0 saturated heterocycles. The zero-order valence-corrected chi connectivity index (χ0v) is 39.3. The Morgan fingerprint density at radius 1 is 0.229 bits per heavy atom.